The number of nitrogens with one attached hydrogen (secondary N) is 1. The lowest BCUT2D eigenvalue weighted by atomic mass is 9.90. The monoisotopic (exact) mass is 460 g/mol. The van der Waals surface area contributed by atoms with Crippen LogP contribution in [0, 0.1) is 5.92 Å². The van der Waals surface area contributed by atoms with Crippen LogP contribution < -0.4 is 10.2 Å². The number of halogens is 1. The SMILES string of the molecule is CCCCCCNC(=O)CSc1nc(Cl)cc(N2CCC(Cc3ccccc3)CC2)n1. The molecule has 5 nitrogen and oxygen atoms in total. The molecule has 1 aliphatic heterocycles. The fourth-order valence-electron chi connectivity index (χ4n) is 3.89. The van der Waals surface area contributed by atoms with Gasteiger partial charge in [0, 0.05) is 25.7 Å². The summed E-state index contributed by atoms with van der Waals surface area (Å²) in [6, 6.07) is 12.5. The fourth-order valence-corrected chi connectivity index (χ4v) is 4.80. The molecule has 2 aromatic rings. The Labute approximate surface area is 195 Å². The maximum Gasteiger partial charge on any atom is 0.230 e. The Morgan fingerprint density at radius 3 is 2.68 bits per heavy atom. The minimum Gasteiger partial charge on any atom is -0.356 e. The molecule has 0 unspecified atom stereocenters. The van der Waals surface area contributed by atoms with Crippen molar-refractivity contribution in [1.82, 2.24) is 15.3 Å². The summed E-state index contributed by atoms with van der Waals surface area (Å²) in [5.41, 5.74) is 1.41. The Morgan fingerprint density at radius 2 is 1.94 bits per heavy atom. The number of benzene rings is 1. The van der Waals surface area contributed by atoms with E-state index in [0.717, 1.165) is 57.6 Å². The van der Waals surface area contributed by atoms with Gasteiger partial charge in [0.05, 0.1) is 5.75 Å². The van der Waals surface area contributed by atoms with Crippen molar-refractivity contribution in [2.24, 2.45) is 5.92 Å². The van der Waals surface area contributed by atoms with Crippen molar-refractivity contribution in [2.75, 3.05) is 30.3 Å². The molecule has 1 aliphatic rings. The first-order valence-electron chi connectivity index (χ1n) is 11.4. The van der Waals surface area contributed by atoms with Gasteiger partial charge in [-0.25, -0.2) is 9.97 Å². The first-order valence-corrected chi connectivity index (χ1v) is 12.7. The van der Waals surface area contributed by atoms with E-state index < -0.39 is 0 Å². The van der Waals surface area contributed by atoms with E-state index in [-0.39, 0.29) is 5.91 Å². The summed E-state index contributed by atoms with van der Waals surface area (Å²) in [6.45, 7) is 4.85. The number of nitrogens with zero attached hydrogens (tertiary/aromatic N) is 3. The van der Waals surface area contributed by atoms with Crippen LogP contribution in [0.3, 0.4) is 0 Å². The lowest BCUT2D eigenvalue weighted by Gasteiger charge is -2.33. The van der Waals surface area contributed by atoms with Crippen molar-refractivity contribution in [3.63, 3.8) is 0 Å². The molecule has 1 aromatic carbocycles. The van der Waals surface area contributed by atoms with Crippen molar-refractivity contribution >= 4 is 35.1 Å². The van der Waals surface area contributed by atoms with Gasteiger partial charge in [0.25, 0.3) is 0 Å². The molecule has 0 aliphatic carbocycles. The number of unbranched alkanes of at least 4 members (excludes halogenated alkanes) is 3. The molecule has 7 heteroatoms. The molecule has 0 radical (unpaired) electrons. The zero-order valence-electron chi connectivity index (χ0n) is 18.4. The van der Waals surface area contributed by atoms with Gasteiger partial charge in [-0.3, -0.25) is 4.79 Å². The molecule has 3 rings (SSSR count). The van der Waals surface area contributed by atoms with Gasteiger partial charge >= 0.3 is 0 Å². The van der Waals surface area contributed by atoms with Gasteiger partial charge in [-0.1, -0.05) is 79.9 Å². The van der Waals surface area contributed by atoms with Gasteiger partial charge < -0.3 is 10.2 Å². The summed E-state index contributed by atoms with van der Waals surface area (Å²) in [4.78, 5) is 23.3. The molecule has 2 heterocycles. The predicted octanol–water partition coefficient (Wildman–Crippen LogP) is 5.38. The number of hydrogen-bond donors (Lipinski definition) is 1. The Morgan fingerprint density at radius 1 is 1.16 bits per heavy atom. The van der Waals surface area contributed by atoms with Gasteiger partial charge in [-0.05, 0) is 37.2 Å². The average Bonchev–Trinajstić information content (AvgIpc) is 2.78. The second-order valence-corrected chi connectivity index (χ2v) is 9.48. The number of amides is 1. The third-order valence-electron chi connectivity index (χ3n) is 5.65. The normalized spacial score (nSPS) is 14.6. The lowest BCUT2D eigenvalue weighted by Crippen LogP contribution is -2.35. The summed E-state index contributed by atoms with van der Waals surface area (Å²) in [5.74, 6) is 1.90. The van der Waals surface area contributed by atoms with Gasteiger partial charge in [0.1, 0.15) is 11.0 Å². The molecule has 0 saturated carbocycles. The van der Waals surface area contributed by atoms with Crippen LogP contribution in [-0.2, 0) is 11.2 Å². The van der Waals surface area contributed by atoms with Crippen molar-refractivity contribution in [3.8, 4) is 0 Å². The van der Waals surface area contributed by atoms with Gasteiger partial charge in [0.2, 0.25) is 5.91 Å². The molecular weight excluding hydrogens is 428 g/mol. The molecule has 1 N–H and O–H groups in total. The van der Waals surface area contributed by atoms with Gasteiger partial charge in [0.15, 0.2) is 5.16 Å². The summed E-state index contributed by atoms with van der Waals surface area (Å²) in [6.07, 6.45) is 8.01. The molecule has 0 atom stereocenters. The highest BCUT2D eigenvalue weighted by Gasteiger charge is 2.21. The summed E-state index contributed by atoms with van der Waals surface area (Å²) < 4.78 is 0. The summed E-state index contributed by atoms with van der Waals surface area (Å²) in [7, 11) is 0. The Balaban J connectivity index is 1.45. The molecule has 31 heavy (non-hydrogen) atoms. The fraction of sp³-hybridized carbons (Fsp3) is 0.542. The first-order chi connectivity index (χ1) is 15.1. The molecule has 1 fully saturated rings. The van der Waals surface area contributed by atoms with Gasteiger partial charge in [-0.2, -0.15) is 0 Å². The number of anilines is 1. The molecule has 0 bridgehead atoms. The standard InChI is InChI=1S/C24H33ClN4OS/c1-2-3-4-8-13-26-23(30)18-31-24-27-21(25)17-22(28-24)29-14-11-20(12-15-29)16-19-9-6-5-7-10-19/h5-7,9-10,17,20H,2-4,8,11-16,18H2,1H3,(H,26,30). The Bertz CT molecular complexity index is 812. The summed E-state index contributed by atoms with van der Waals surface area (Å²) >= 11 is 7.61. The number of hydrogen-bond acceptors (Lipinski definition) is 5. The number of carbonyl (C=O) groups excluding carboxylic acids is 1. The average molecular weight is 461 g/mol. The number of piperidine rings is 1. The quantitative estimate of drug-likeness (QED) is 0.211. The van der Waals surface area contributed by atoms with E-state index in [0.29, 0.717) is 22.0 Å². The number of thioether (sulfide) groups is 1. The predicted molar refractivity (Wildman–Crippen MR) is 130 cm³/mol. The largest absolute Gasteiger partial charge is 0.356 e. The molecule has 0 spiro atoms. The zero-order valence-corrected chi connectivity index (χ0v) is 19.9. The minimum absolute atomic E-state index is 0.0216. The van der Waals surface area contributed by atoms with Crippen molar-refractivity contribution < 1.29 is 4.79 Å². The lowest BCUT2D eigenvalue weighted by molar-refractivity contribution is -0.118. The topological polar surface area (TPSA) is 58.1 Å². The van der Waals surface area contributed by atoms with Crippen molar-refractivity contribution in [1.29, 1.82) is 0 Å². The number of carbonyl (C=O) groups is 1. The van der Waals surface area contributed by atoms with Crippen molar-refractivity contribution in [3.05, 3.63) is 47.1 Å². The maximum atomic E-state index is 12.1. The number of rotatable bonds is 11. The van der Waals surface area contributed by atoms with Crippen LogP contribution in [0.5, 0.6) is 0 Å². The van der Waals surface area contributed by atoms with Crippen LogP contribution in [0.2, 0.25) is 5.15 Å². The van der Waals surface area contributed by atoms with E-state index in [1.54, 1.807) is 0 Å². The van der Waals surface area contributed by atoms with Crippen LogP contribution in [0.4, 0.5) is 5.82 Å². The van der Waals surface area contributed by atoms with Crippen LogP contribution in [0.15, 0.2) is 41.6 Å². The van der Waals surface area contributed by atoms with Crippen molar-refractivity contribution in [2.45, 2.75) is 57.0 Å². The molecule has 168 valence electrons. The smallest absolute Gasteiger partial charge is 0.230 e. The third-order valence-corrected chi connectivity index (χ3v) is 6.69. The van der Waals surface area contributed by atoms with Crippen LogP contribution >= 0.6 is 23.4 Å². The summed E-state index contributed by atoms with van der Waals surface area (Å²) in [5, 5.41) is 3.96. The molecule has 1 saturated heterocycles. The van der Waals surface area contributed by atoms with E-state index in [9.17, 15) is 4.79 Å². The highest BCUT2D eigenvalue weighted by atomic mass is 35.5. The van der Waals surface area contributed by atoms with E-state index >= 15 is 0 Å². The van der Waals surface area contributed by atoms with Crippen LogP contribution in [-0.4, -0.2) is 41.3 Å². The van der Waals surface area contributed by atoms with E-state index in [4.69, 9.17) is 11.6 Å². The zero-order chi connectivity index (χ0) is 21.9. The van der Waals surface area contributed by atoms with Gasteiger partial charge in [-0.15, -0.1) is 0 Å². The van der Waals surface area contributed by atoms with Crippen LogP contribution in [0.25, 0.3) is 0 Å². The van der Waals surface area contributed by atoms with E-state index in [1.165, 1.54) is 30.2 Å². The minimum atomic E-state index is 0.0216. The second kappa shape index (κ2) is 12.9. The van der Waals surface area contributed by atoms with E-state index in [1.807, 2.05) is 6.07 Å². The highest BCUT2D eigenvalue weighted by molar-refractivity contribution is 7.99. The van der Waals surface area contributed by atoms with E-state index in [2.05, 4.69) is 57.4 Å². The third kappa shape index (κ3) is 8.34. The first kappa shape index (κ1) is 23.9. The second-order valence-electron chi connectivity index (χ2n) is 8.15. The molecular formula is C24H33ClN4OS. The number of aromatic nitrogens is 2. The van der Waals surface area contributed by atoms with Crippen LogP contribution in [0.1, 0.15) is 51.0 Å². The maximum absolute atomic E-state index is 12.1. The Hall–Kier alpha value is -1.79. The Kier molecular flexibility index (Phi) is 9.94. The highest BCUT2D eigenvalue weighted by Crippen LogP contribution is 2.27. The molecule has 1 aromatic heterocycles. The molecule has 1 amide bonds.